The van der Waals surface area contributed by atoms with Gasteiger partial charge in [-0.25, -0.2) is 0 Å². The number of hydrogen-bond donors (Lipinski definition) is 1. The largest absolute Gasteiger partial charge is 0.390 e. The van der Waals surface area contributed by atoms with Crippen LogP contribution in [0.2, 0.25) is 10.0 Å². The smallest absolute Gasteiger partial charge is 0.0845 e. The van der Waals surface area contributed by atoms with Gasteiger partial charge in [-0.1, -0.05) is 23.2 Å². The number of hydrogen-bond acceptors (Lipinski definition) is 2. The minimum absolute atomic E-state index is 0.444. The molecule has 0 bridgehead atoms. The third-order valence-corrected chi connectivity index (χ3v) is 4.23. The Morgan fingerprint density at radius 3 is 1.95 bits per heavy atom. The van der Waals surface area contributed by atoms with E-state index < -0.39 is 6.10 Å². The fourth-order valence-electron chi connectivity index (χ4n) is 2.94. The summed E-state index contributed by atoms with van der Waals surface area (Å²) in [5.41, 5.74) is 2.11. The number of halogens is 2. The van der Waals surface area contributed by atoms with E-state index in [2.05, 4.69) is 4.57 Å². The summed E-state index contributed by atoms with van der Waals surface area (Å²) in [7, 11) is 3.91. The molecule has 0 amide bonds. The predicted molar refractivity (Wildman–Crippen MR) is 94.0 cm³/mol. The summed E-state index contributed by atoms with van der Waals surface area (Å²) in [6.07, 6.45) is -0.444. The monoisotopic (exact) mass is 336 g/mol. The maximum absolute atomic E-state index is 10.3. The fraction of sp³-hybridized carbons (Fsp3) is 0.294. The molecule has 0 aliphatic heterocycles. The van der Waals surface area contributed by atoms with E-state index >= 15 is 0 Å². The molecule has 3 aromatic rings. The second-order valence-corrected chi connectivity index (χ2v) is 6.72. The van der Waals surface area contributed by atoms with Crippen molar-refractivity contribution in [3.8, 4) is 0 Å². The second kappa shape index (κ2) is 6.09. The number of benzene rings is 2. The van der Waals surface area contributed by atoms with Crippen LogP contribution in [0.1, 0.15) is 0 Å². The Morgan fingerprint density at radius 2 is 1.50 bits per heavy atom. The van der Waals surface area contributed by atoms with Gasteiger partial charge >= 0.3 is 0 Å². The fourth-order valence-corrected chi connectivity index (χ4v) is 3.28. The Balaban J connectivity index is 2.18. The Hall–Kier alpha value is -1.26. The van der Waals surface area contributed by atoms with Gasteiger partial charge in [0.2, 0.25) is 0 Å². The molecule has 3 rings (SSSR count). The van der Waals surface area contributed by atoms with Crippen molar-refractivity contribution in [1.82, 2.24) is 9.47 Å². The van der Waals surface area contributed by atoms with Crippen LogP contribution in [-0.4, -0.2) is 41.3 Å². The van der Waals surface area contributed by atoms with Gasteiger partial charge in [-0.3, -0.25) is 0 Å². The summed E-state index contributed by atoms with van der Waals surface area (Å²) in [6.45, 7) is 1.14. The Bertz CT molecular complexity index is 767. The maximum atomic E-state index is 10.3. The van der Waals surface area contributed by atoms with E-state index in [9.17, 15) is 5.11 Å². The normalized spacial score (nSPS) is 13.4. The van der Waals surface area contributed by atoms with E-state index in [1.54, 1.807) is 0 Å². The van der Waals surface area contributed by atoms with Gasteiger partial charge in [-0.2, -0.15) is 0 Å². The number of aromatic nitrogens is 1. The zero-order chi connectivity index (χ0) is 15.9. The molecule has 1 aromatic heterocycles. The molecule has 1 N–H and O–H groups in total. The topological polar surface area (TPSA) is 28.4 Å². The van der Waals surface area contributed by atoms with Gasteiger partial charge in [0, 0.05) is 38.4 Å². The molecule has 0 aliphatic rings. The molecule has 1 atom stereocenters. The van der Waals surface area contributed by atoms with Crippen LogP contribution in [0.3, 0.4) is 0 Å². The van der Waals surface area contributed by atoms with Crippen molar-refractivity contribution in [3.05, 3.63) is 46.4 Å². The summed E-state index contributed by atoms with van der Waals surface area (Å²) in [4.78, 5) is 1.98. The van der Waals surface area contributed by atoms with Crippen molar-refractivity contribution in [2.24, 2.45) is 0 Å². The minimum atomic E-state index is -0.444. The van der Waals surface area contributed by atoms with Gasteiger partial charge in [0.05, 0.1) is 12.6 Å². The molecule has 0 fully saturated rings. The minimum Gasteiger partial charge on any atom is -0.390 e. The third kappa shape index (κ3) is 2.95. The zero-order valence-corrected chi connectivity index (χ0v) is 14.1. The lowest BCUT2D eigenvalue weighted by atomic mass is 10.1. The number of fused-ring (bicyclic) bond motifs is 3. The van der Waals surface area contributed by atoms with Crippen molar-refractivity contribution >= 4 is 45.0 Å². The summed E-state index contributed by atoms with van der Waals surface area (Å²) < 4.78 is 2.13. The average Bonchev–Trinajstić information content (AvgIpc) is 2.71. The molecule has 0 aliphatic carbocycles. The molecule has 0 unspecified atom stereocenters. The average molecular weight is 337 g/mol. The van der Waals surface area contributed by atoms with E-state index in [0.29, 0.717) is 23.1 Å². The van der Waals surface area contributed by atoms with Crippen LogP contribution in [0, 0.1) is 0 Å². The highest BCUT2D eigenvalue weighted by Crippen LogP contribution is 2.32. The quantitative estimate of drug-likeness (QED) is 0.779. The van der Waals surface area contributed by atoms with Gasteiger partial charge in [-0.15, -0.1) is 0 Å². The number of rotatable bonds is 4. The van der Waals surface area contributed by atoms with Crippen molar-refractivity contribution in [3.63, 3.8) is 0 Å². The molecule has 3 nitrogen and oxygen atoms in total. The SMILES string of the molecule is CN(C)C[C@@H](O)Cn1c2ccc(Cl)cc2c2cc(Cl)ccc21. The van der Waals surface area contributed by atoms with E-state index in [-0.39, 0.29) is 0 Å². The zero-order valence-electron chi connectivity index (χ0n) is 12.6. The molecular formula is C17H18Cl2N2O. The van der Waals surface area contributed by atoms with Crippen LogP contribution in [0.25, 0.3) is 21.8 Å². The van der Waals surface area contributed by atoms with Gasteiger partial charge in [-0.05, 0) is 50.5 Å². The number of nitrogens with zero attached hydrogens (tertiary/aromatic N) is 2. The molecule has 0 radical (unpaired) electrons. The Kier molecular flexibility index (Phi) is 4.33. The highest BCUT2D eigenvalue weighted by molar-refractivity contribution is 6.33. The first-order chi connectivity index (χ1) is 10.5. The first kappa shape index (κ1) is 15.6. The highest BCUT2D eigenvalue weighted by Gasteiger charge is 2.15. The summed E-state index contributed by atoms with van der Waals surface area (Å²) >= 11 is 12.3. The summed E-state index contributed by atoms with van der Waals surface area (Å²) in [5, 5.41) is 13.8. The van der Waals surface area contributed by atoms with E-state index in [1.807, 2.05) is 55.4 Å². The lowest BCUT2D eigenvalue weighted by Crippen LogP contribution is -2.29. The molecule has 22 heavy (non-hydrogen) atoms. The van der Waals surface area contributed by atoms with Crippen molar-refractivity contribution in [1.29, 1.82) is 0 Å². The van der Waals surface area contributed by atoms with Crippen molar-refractivity contribution in [2.75, 3.05) is 20.6 Å². The Morgan fingerprint density at radius 1 is 1.00 bits per heavy atom. The molecule has 5 heteroatoms. The summed E-state index contributed by atoms with van der Waals surface area (Å²) in [6, 6.07) is 11.6. The molecule has 116 valence electrons. The number of aliphatic hydroxyl groups is 1. The van der Waals surface area contributed by atoms with Crippen molar-refractivity contribution < 1.29 is 5.11 Å². The van der Waals surface area contributed by atoms with E-state index in [0.717, 1.165) is 21.8 Å². The molecule has 0 spiro atoms. The van der Waals surface area contributed by atoms with Crippen LogP contribution < -0.4 is 0 Å². The first-order valence-electron chi connectivity index (χ1n) is 7.15. The first-order valence-corrected chi connectivity index (χ1v) is 7.91. The summed E-state index contributed by atoms with van der Waals surface area (Å²) in [5.74, 6) is 0. The van der Waals surface area contributed by atoms with Gasteiger partial charge in [0.1, 0.15) is 0 Å². The number of aliphatic hydroxyl groups excluding tert-OH is 1. The Labute approximate surface area is 139 Å². The molecular weight excluding hydrogens is 319 g/mol. The van der Waals surface area contributed by atoms with Crippen LogP contribution in [0.15, 0.2) is 36.4 Å². The van der Waals surface area contributed by atoms with Gasteiger partial charge in [0.15, 0.2) is 0 Å². The van der Waals surface area contributed by atoms with Gasteiger partial charge in [0.25, 0.3) is 0 Å². The number of likely N-dealkylation sites (N-methyl/N-ethyl adjacent to an activating group) is 1. The molecule has 0 saturated carbocycles. The maximum Gasteiger partial charge on any atom is 0.0845 e. The molecule has 0 saturated heterocycles. The van der Waals surface area contributed by atoms with Crippen LogP contribution in [0.4, 0.5) is 0 Å². The van der Waals surface area contributed by atoms with E-state index in [4.69, 9.17) is 23.2 Å². The van der Waals surface area contributed by atoms with Crippen molar-refractivity contribution in [2.45, 2.75) is 12.6 Å². The van der Waals surface area contributed by atoms with Crippen LogP contribution >= 0.6 is 23.2 Å². The second-order valence-electron chi connectivity index (χ2n) is 5.85. The van der Waals surface area contributed by atoms with Crippen LogP contribution in [-0.2, 0) is 6.54 Å². The van der Waals surface area contributed by atoms with E-state index in [1.165, 1.54) is 0 Å². The lowest BCUT2D eigenvalue weighted by Gasteiger charge is -2.18. The third-order valence-electron chi connectivity index (χ3n) is 3.76. The predicted octanol–water partition coefficient (Wildman–Crippen LogP) is 4.02. The highest BCUT2D eigenvalue weighted by atomic mass is 35.5. The standard InChI is InChI=1S/C17H18Cl2N2O/c1-20(2)9-13(22)10-21-16-5-3-11(18)7-14(16)15-8-12(19)4-6-17(15)21/h3-8,13,22H,9-10H2,1-2H3/t13-/m1/s1. The van der Waals surface area contributed by atoms with Gasteiger partial charge < -0.3 is 14.6 Å². The lowest BCUT2D eigenvalue weighted by molar-refractivity contribution is 0.122. The molecule has 1 heterocycles. The molecule has 2 aromatic carbocycles. The van der Waals surface area contributed by atoms with Crippen LogP contribution in [0.5, 0.6) is 0 Å².